The summed E-state index contributed by atoms with van der Waals surface area (Å²) < 4.78 is 1.06. The summed E-state index contributed by atoms with van der Waals surface area (Å²) in [5.41, 5.74) is 1.73. The van der Waals surface area contributed by atoms with Gasteiger partial charge in [0.2, 0.25) is 0 Å². The summed E-state index contributed by atoms with van der Waals surface area (Å²) in [5, 5.41) is 10.3. The van der Waals surface area contributed by atoms with E-state index in [1.807, 2.05) is 0 Å². The molecule has 0 radical (unpaired) electrons. The summed E-state index contributed by atoms with van der Waals surface area (Å²) in [6.45, 7) is 3.44. The van der Waals surface area contributed by atoms with Gasteiger partial charge in [-0.05, 0) is 26.0 Å². The molecule has 0 aliphatic carbocycles. The van der Waals surface area contributed by atoms with Crippen LogP contribution in [0.5, 0.6) is 0 Å². The van der Waals surface area contributed by atoms with Gasteiger partial charge in [-0.2, -0.15) is 4.73 Å². The molecule has 1 aromatic heterocycles. The largest absolute Gasteiger partial charge is 0.428 e. The normalized spacial score (nSPS) is 10.7. The lowest BCUT2D eigenvalue weighted by molar-refractivity contribution is 0.190. The van der Waals surface area contributed by atoms with Crippen molar-refractivity contribution in [1.29, 1.82) is 0 Å². The van der Waals surface area contributed by atoms with E-state index in [0.717, 1.165) is 4.73 Å². The summed E-state index contributed by atoms with van der Waals surface area (Å²) in [4.78, 5) is 11.8. The molecule has 0 bridgehead atoms. The molecule has 0 aliphatic rings. The Morgan fingerprint density at radius 3 is 2.57 bits per heavy atom. The van der Waals surface area contributed by atoms with Crippen molar-refractivity contribution in [2.45, 2.75) is 13.8 Å². The van der Waals surface area contributed by atoms with Gasteiger partial charge in [-0.15, -0.1) is 0 Å². The van der Waals surface area contributed by atoms with Gasteiger partial charge < -0.3 is 5.21 Å². The van der Waals surface area contributed by atoms with Crippen LogP contribution in [0.25, 0.3) is 10.9 Å². The first-order valence-electron chi connectivity index (χ1n) is 4.43. The van der Waals surface area contributed by atoms with Gasteiger partial charge in [0.15, 0.2) is 5.43 Å². The van der Waals surface area contributed by atoms with Gasteiger partial charge in [-0.1, -0.05) is 12.1 Å². The predicted octanol–water partition coefficient (Wildman–Crippen LogP) is 1.86. The van der Waals surface area contributed by atoms with Gasteiger partial charge in [0.1, 0.15) is 0 Å². The minimum absolute atomic E-state index is 0.0107. The Morgan fingerprint density at radius 1 is 1.21 bits per heavy atom. The SMILES string of the molecule is Cc1c(C)n(O)c2ccccc2c1=O. The van der Waals surface area contributed by atoms with Gasteiger partial charge in [0, 0.05) is 10.9 Å². The second kappa shape index (κ2) is 2.87. The minimum Gasteiger partial charge on any atom is -0.428 e. The van der Waals surface area contributed by atoms with Crippen molar-refractivity contribution < 1.29 is 5.21 Å². The zero-order valence-corrected chi connectivity index (χ0v) is 8.11. The minimum atomic E-state index is -0.0107. The fourth-order valence-corrected chi connectivity index (χ4v) is 1.56. The topological polar surface area (TPSA) is 42.2 Å². The second-order valence-electron chi connectivity index (χ2n) is 3.37. The number of aromatic nitrogens is 1. The third-order valence-electron chi connectivity index (χ3n) is 2.58. The maximum absolute atomic E-state index is 11.8. The van der Waals surface area contributed by atoms with Gasteiger partial charge in [-0.3, -0.25) is 4.79 Å². The predicted molar refractivity (Wildman–Crippen MR) is 54.9 cm³/mol. The number of nitrogens with zero attached hydrogens (tertiary/aromatic N) is 1. The van der Waals surface area contributed by atoms with Crippen molar-refractivity contribution in [2.24, 2.45) is 0 Å². The van der Waals surface area contributed by atoms with Crippen LogP contribution in [-0.4, -0.2) is 9.94 Å². The average Bonchev–Trinajstić information content (AvgIpc) is 2.23. The lowest BCUT2D eigenvalue weighted by Gasteiger charge is -2.09. The number of pyridine rings is 1. The molecule has 2 rings (SSSR count). The van der Waals surface area contributed by atoms with E-state index in [1.54, 1.807) is 38.1 Å². The number of rotatable bonds is 0. The van der Waals surface area contributed by atoms with Crippen LogP contribution in [-0.2, 0) is 0 Å². The van der Waals surface area contributed by atoms with E-state index in [9.17, 15) is 10.0 Å². The molecule has 0 atom stereocenters. The number of hydrogen-bond acceptors (Lipinski definition) is 2. The average molecular weight is 189 g/mol. The Balaban J connectivity index is 3.10. The van der Waals surface area contributed by atoms with E-state index in [1.165, 1.54) is 0 Å². The van der Waals surface area contributed by atoms with E-state index in [-0.39, 0.29) is 5.43 Å². The molecule has 0 unspecified atom stereocenters. The maximum atomic E-state index is 11.8. The molecule has 14 heavy (non-hydrogen) atoms. The van der Waals surface area contributed by atoms with Crippen LogP contribution < -0.4 is 5.43 Å². The summed E-state index contributed by atoms with van der Waals surface area (Å²) >= 11 is 0. The summed E-state index contributed by atoms with van der Waals surface area (Å²) in [6, 6.07) is 7.03. The van der Waals surface area contributed by atoms with Crippen molar-refractivity contribution in [3.05, 3.63) is 45.7 Å². The van der Waals surface area contributed by atoms with Crippen LogP contribution in [0.2, 0.25) is 0 Å². The van der Waals surface area contributed by atoms with Crippen LogP contribution in [0, 0.1) is 13.8 Å². The quantitative estimate of drug-likeness (QED) is 0.643. The molecule has 0 amide bonds. The molecule has 0 aliphatic heterocycles. The van der Waals surface area contributed by atoms with E-state index < -0.39 is 0 Å². The van der Waals surface area contributed by atoms with Gasteiger partial charge in [-0.25, -0.2) is 0 Å². The third kappa shape index (κ3) is 1.02. The van der Waals surface area contributed by atoms with Gasteiger partial charge in [0.25, 0.3) is 0 Å². The van der Waals surface area contributed by atoms with Crippen molar-refractivity contribution >= 4 is 10.9 Å². The molecule has 3 heteroatoms. The van der Waals surface area contributed by atoms with Crippen molar-refractivity contribution in [3.8, 4) is 0 Å². The molecule has 1 N–H and O–H groups in total. The summed E-state index contributed by atoms with van der Waals surface area (Å²) in [6.07, 6.45) is 0. The lowest BCUT2D eigenvalue weighted by Crippen LogP contribution is -2.14. The van der Waals surface area contributed by atoms with Crippen LogP contribution >= 0.6 is 0 Å². The number of fused-ring (bicyclic) bond motifs is 1. The monoisotopic (exact) mass is 189 g/mol. The summed E-state index contributed by atoms with van der Waals surface area (Å²) in [7, 11) is 0. The molecular formula is C11H11NO2. The first kappa shape index (κ1) is 8.81. The fraction of sp³-hybridized carbons (Fsp3) is 0.182. The van der Waals surface area contributed by atoms with Gasteiger partial charge in [0.05, 0.1) is 11.2 Å². The third-order valence-corrected chi connectivity index (χ3v) is 2.58. The Bertz CT molecular complexity index is 555. The Labute approximate surface area is 81.2 Å². The molecular weight excluding hydrogens is 178 g/mol. The van der Waals surface area contributed by atoms with Crippen LogP contribution in [0.4, 0.5) is 0 Å². The van der Waals surface area contributed by atoms with Crippen LogP contribution in [0.1, 0.15) is 11.3 Å². The lowest BCUT2D eigenvalue weighted by atomic mass is 10.1. The zero-order valence-electron chi connectivity index (χ0n) is 8.11. The maximum Gasteiger partial charge on any atom is 0.192 e. The Kier molecular flexibility index (Phi) is 1.81. The van der Waals surface area contributed by atoms with Crippen molar-refractivity contribution in [2.75, 3.05) is 0 Å². The first-order valence-corrected chi connectivity index (χ1v) is 4.43. The van der Waals surface area contributed by atoms with E-state index in [4.69, 9.17) is 0 Å². The smallest absolute Gasteiger partial charge is 0.192 e. The van der Waals surface area contributed by atoms with E-state index in [2.05, 4.69) is 0 Å². The number of benzene rings is 1. The highest BCUT2D eigenvalue weighted by atomic mass is 16.5. The second-order valence-corrected chi connectivity index (χ2v) is 3.37. The highest BCUT2D eigenvalue weighted by Crippen LogP contribution is 2.12. The molecule has 0 fully saturated rings. The number of hydrogen-bond donors (Lipinski definition) is 1. The first-order chi connectivity index (χ1) is 6.63. The Hall–Kier alpha value is -1.77. The summed E-state index contributed by atoms with van der Waals surface area (Å²) in [5.74, 6) is 0. The molecule has 0 saturated heterocycles. The van der Waals surface area contributed by atoms with Crippen LogP contribution in [0.15, 0.2) is 29.1 Å². The molecule has 1 aromatic carbocycles. The zero-order chi connectivity index (χ0) is 10.3. The Morgan fingerprint density at radius 2 is 1.86 bits per heavy atom. The van der Waals surface area contributed by atoms with Crippen molar-refractivity contribution in [1.82, 2.24) is 4.73 Å². The highest BCUT2D eigenvalue weighted by Gasteiger charge is 2.08. The number of para-hydroxylation sites is 1. The van der Waals surface area contributed by atoms with E-state index >= 15 is 0 Å². The molecule has 0 saturated carbocycles. The molecule has 72 valence electrons. The molecule has 3 nitrogen and oxygen atoms in total. The molecule has 1 heterocycles. The van der Waals surface area contributed by atoms with Crippen LogP contribution in [0.3, 0.4) is 0 Å². The molecule has 2 aromatic rings. The van der Waals surface area contributed by atoms with Gasteiger partial charge >= 0.3 is 0 Å². The fourth-order valence-electron chi connectivity index (χ4n) is 1.56. The van der Waals surface area contributed by atoms with Crippen molar-refractivity contribution in [3.63, 3.8) is 0 Å². The highest BCUT2D eigenvalue weighted by molar-refractivity contribution is 5.79. The van der Waals surface area contributed by atoms with E-state index in [0.29, 0.717) is 22.2 Å². The molecule has 0 spiro atoms. The standard InChI is InChI=1S/C11H11NO2/c1-7-8(2)12(14)10-6-4-3-5-9(10)11(7)13/h3-6,14H,1-2H3.